The first-order chi connectivity index (χ1) is 8.17. The number of likely N-dealkylation sites (tertiary alicyclic amines) is 1. The van der Waals surface area contributed by atoms with E-state index < -0.39 is 6.09 Å². The number of amides is 2. The molecule has 0 radical (unpaired) electrons. The smallest absolute Gasteiger partial charge is 0.407 e. The molecule has 0 aromatic carbocycles. The number of hydrogen-bond acceptors (Lipinski definition) is 4. The zero-order valence-corrected chi connectivity index (χ0v) is 10.4. The molecule has 1 N–H and O–H groups in total. The van der Waals surface area contributed by atoms with E-state index in [2.05, 4.69) is 10.1 Å². The van der Waals surface area contributed by atoms with Crippen molar-refractivity contribution in [2.45, 2.75) is 25.3 Å². The maximum atomic E-state index is 11.7. The van der Waals surface area contributed by atoms with Crippen LogP contribution in [0.2, 0.25) is 0 Å². The van der Waals surface area contributed by atoms with E-state index in [1.54, 1.807) is 7.11 Å². The van der Waals surface area contributed by atoms with E-state index in [9.17, 15) is 9.59 Å². The highest BCUT2D eigenvalue weighted by Gasteiger charge is 2.23. The summed E-state index contributed by atoms with van der Waals surface area (Å²) in [6.45, 7) is 1.81. The average molecular weight is 244 g/mol. The van der Waals surface area contributed by atoms with Crippen molar-refractivity contribution >= 4 is 12.0 Å². The van der Waals surface area contributed by atoms with E-state index >= 15 is 0 Å². The Balaban J connectivity index is 2.25. The Kier molecular flexibility index (Phi) is 5.76. The number of carbonyl (C=O) groups is 2. The highest BCUT2D eigenvalue weighted by atomic mass is 16.5. The third-order valence-corrected chi connectivity index (χ3v) is 2.88. The van der Waals surface area contributed by atoms with E-state index in [0.29, 0.717) is 26.1 Å². The fourth-order valence-corrected chi connectivity index (χ4v) is 1.85. The van der Waals surface area contributed by atoms with E-state index in [0.717, 1.165) is 12.8 Å². The molecule has 0 saturated carbocycles. The first kappa shape index (κ1) is 13.8. The SMILES string of the molecule is COCCC(=O)N1CCC(NC(=O)OC)CC1. The van der Waals surface area contributed by atoms with Crippen LogP contribution in [-0.2, 0) is 14.3 Å². The van der Waals surface area contributed by atoms with Gasteiger partial charge in [0.1, 0.15) is 0 Å². The summed E-state index contributed by atoms with van der Waals surface area (Å²) < 4.78 is 9.40. The highest BCUT2D eigenvalue weighted by molar-refractivity contribution is 5.76. The van der Waals surface area contributed by atoms with Crippen LogP contribution in [0.4, 0.5) is 4.79 Å². The van der Waals surface area contributed by atoms with Crippen molar-refractivity contribution in [1.82, 2.24) is 10.2 Å². The van der Waals surface area contributed by atoms with Gasteiger partial charge < -0.3 is 19.7 Å². The summed E-state index contributed by atoms with van der Waals surface area (Å²) in [7, 11) is 2.93. The molecular weight excluding hydrogens is 224 g/mol. The molecular formula is C11H20N2O4. The van der Waals surface area contributed by atoms with Gasteiger partial charge in [0.05, 0.1) is 20.1 Å². The molecule has 1 fully saturated rings. The summed E-state index contributed by atoms with van der Waals surface area (Å²) in [5, 5.41) is 2.75. The summed E-state index contributed by atoms with van der Waals surface area (Å²) >= 11 is 0. The zero-order chi connectivity index (χ0) is 12.7. The second-order valence-corrected chi connectivity index (χ2v) is 4.03. The van der Waals surface area contributed by atoms with Crippen LogP contribution in [0.25, 0.3) is 0 Å². The maximum Gasteiger partial charge on any atom is 0.407 e. The summed E-state index contributed by atoms with van der Waals surface area (Å²) in [6, 6.07) is 0.105. The number of carbonyl (C=O) groups excluding carboxylic acids is 2. The van der Waals surface area contributed by atoms with Gasteiger partial charge in [-0.2, -0.15) is 0 Å². The van der Waals surface area contributed by atoms with Crippen molar-refractivity contribution < 1.29 is 19.1 Å². The first-order valence-corrected chi connectivity index (χ1v) is 5.78. The molecule has 0 atom stereocenters. The van der Waals surface area contributed by atoms with Crippen LogP contribution in [0.5, 0.6) is 0 Å². The molecule has 17 heavy (non-hydrogen) atoms. The minimum absolute atomic E-state index is 0.105. The van der Waals surface area contributed by atoms with Crippen LogP contribution in [0.3, 0.4) is 0 Å². The summed E-state index contributed by atoms with van der Waals surface area (Å²) in [5.74, 6) is 0.114. The fraction of sp³-hybridized carbons (Fsp3) is 0.818. The lowest BCUT2D eigenvalue weighted by molar-refractivity contribution is -0.133. The Hall–Kier alpha value is -1.30. The van der Waals surface area contributed by atoms with E-state index in [1.165, 1.54) is 7.11 Å². The van der Waals surface area contributed by atoms with Crippen LogP contribution < -0.4 is 5.32 Å². The molecule has 1 rings (SSSR count). The van der Waals surface area contributed by atoms with Crippen molar-refractivity contribution in [3.63, 3.8) is 0 Å². The third kappa shape index (κ3) is 4.60. The van der Waals surface area contributed by atoms with Crippen LogP contribution in [0.1, 0.15) is 19.3 Å². The molecule has 0 spiro atoms. The largest absolute Gasteiger partial charge is 0.453 e. The highest BCUT2D eigenvalue weighted by Crippen LogP contribution is 2.11. The van der Waals surface area contributed by atoms with Gasteiger partial charge in [-0.15, -0.1) is 0 Å². The molecule has 0 aromatic rings. The molecule has 6 nitrogen and oxygen atoms in total. The minimum atomic E-state index is -0.408. The topological polar surface area (TPSA) is 67.9 Å². The molecule has 1 saturated heterocycles. The van der Waals surface area contributed by atoms with Crippen molar-refractivity contribution in [1.29, 1.82) is 0 Å². The predicted molar refractivity (Wildman–Crippen MR) is 61.6 cm³/mol. The molecule has 1 heterocycles. The van der Waals surface area contributed by atoms with E-state index in [1.807, 2.05) is 4.90 Å². The van der Waals surface area contributed by atoms with Gasteiger partial charge >= 0.3 is 6.09 Å². The first-order valence-electron chi connectivity index (χ1n) is 5.78. The number of piperidine rings is 1. The van der Waals surface area contributed by atoms with Gasteiger partial charge in [-0.25, -0.2) is 4.79 Å². The molecule has 0 unspecified atom stereocenters. The number of methoxy groups -OCH3 is 2. The average Bonchev–Trinajstić information content (AvgIpc) is 2.36. The van der Waals surface area contributed by atoms with Crippen molar-refractivity contribution in [2.75, 3.05) is 33.9 Å². The third-order valence-electron chi connectivity index (χ3n) is 2.88. The lowest BCUT2D eigenvalue weighted by Crippen LogP contribution is -2.46. The number of alkyl carbamates (subject to hydrolysis) is 1. The fourth-order valence-electron chi connectivity index (χ4n) is 1.85. The molecule has 1 aliphatic rings. The Morgan fingerprint density at radius 3 is 2.47 bits per heavy atom. The predicted octanol–water partition coefficient (Wildman–Crippen LogP) is 0.370. The maximum absolute atomic E-state index is 11.7. The minimum Gasteiger partial charge on any atom is -0.453 e. The van der Waals surface area contributed by atoms with Gasteiger partial charge in [0, 0.05) is 26.2 Å². The van der Waals surface area contributed by atoms with Crippen molar-refractivity contribution in [3.05, 3.63) is 0 Å². The summed E-state index contributed by atoms with van der Waals surface area (Å²) in [5.41, 5.74) is 0. The van der Waals surface area contributed by atoms with Crippen LogP contribution in [0, 0.1) is 0 Å². The van der Waals surface area contributed by atoms with Gasteiger partial charge in [-0.05, 0) is 12.8 Å². The lowest BCUT2D eigenvalue weighted by Gasteiger charge is -2.32. The molecule has 0 bridgehead atoms. The molecule has 0 aromatic heterocycles. The van der Waals surface area contributed by atoms with Crippen molar-refractivity contribution in [2.24, 2.45) is 0 Å². The van der Waals surface area contributed by atoms with E-state index in [4.69, 9.17) is 4.74 Å². The number of ether oxygens (including phenoxy) is 2. The standard InChI is InChI=1S/C11H20N2O4/c1-16-8-5-10(14)13-6-3-9(4-7-13)12-11(15)17-2/h9H,3-8H2,1-2H3,(H,12,15). The quantitative estimate of drug-likeness (QED) is 0.776. The number of rotatable bonds is 4. The summed E-state index contributed by atoms with van der Waals surface area (Å²) in [4.78, 5) is 24.5. The van der Waals surface area contributed by atoms with Gasteiger partial charge in [-0.1, -0.05) is 0 Å². The van der Waals surface area contributed by atoms with Crippen molar-refractivity contribution in [3.8, 4) is 0 Å². The Morgan fingerprint density at radius 1 is 1.29 bits per heavy atom. The van der Waals surface area contributed by atoms with Gasteiger partial charge in [0.25, 0.3) is 0 Å². The van der Waals surface area contributed by atoms with Gasteiger partial charge in [-0.3, -0.25) is 4.79 Å². The van der Waals surface area contributed by atoms with E-state index in [-0.39, 0.29) is 11.9 Å². The molecule has 2 amide bonds. The zero-order valence-electron chi connectivity index (χ0n) is 10.4. The van der Waals surface area contributed by atoms with Crippen LogP contribution in [-0.4, -0.2) is 56.9 Å². The van der Waals surface area contributed by atoms with Gasteiger partial charge in [0.15, 0.2) is 0 Å². The molecule has 1 aliphatic heterocycles. The molecule has 6 heteroatoms. The number of nitrogens with one attached hydrogen (secondary N) is 1. The Labute approximate surface area is 101 Å². The summed E-state index contributed by atoms with van der Waals surface area (Å²) in [6.07, 6.45) is 1.56. The molecule has 98 valence electrons. The van der Waals surface area contributed by atoms with Gasteiger partial charge in [0.2, 0.25) is 5.91 Å². The second kappa shape index (κ2) is 7.11. The Bertz CT molecular complexity index is 262. The number of hydrogen-bond donors (Lipinski definition) is 1. The normalized spacial score (nSPS) is 16.7. The monoisotopic (exact) mass is 244 g/mol. The molecule has 0 aliphatic carbocycles. The van der Waals surface area contributed by atoms with Crippen LogP contribution in [0.15, 0.2) is 0 Å². The second-order valence-electron chi connectivity index (χ2n) is 4.03. The number of nitrogens with zero attached hydrogens (tertiary/aromatic N) is 1. The lowest BCUT2D eigenvalue weighted by atomic mass is 10.1. The Morgan fingerprint density at radius 2 is 1.94 bits per heavy atom. The van der Waals surface area contributed by atoms with Crippen LogP contribution >= 0.6 is 0 Å².